The quantitative estimate of drug-likeness (QED) is 0.572. The van der Waals surface area contributed by atoms with Crippen LogP contribution < -0.4 is 5.32 Å². The van der Waals surface area contributed by atoms with Gasteiger partial charge in [-0.15, -0.1) is 15.3 Å². The fourth-order valence-corrected chi connectivity index (χ4v) is 4.08. The molecule has 0 aliphatic carbocycles. The van der Waals surface area contributed by atoms with E-state index < -0.39 is 0 Å². The van der Waals surface area contributed by atoms with Crippen molar-refractivity contribution in [3.8, 4) is 11.4 Å². The van der Waals surface area contributed by atoms with Gasteiger partial charge in [0, 0.05) is 30.1 Å². The number of anilines is 1. The van der Waals surface area contributed by atoms with E-state index in [1.807, 2.05) is 33.9 Å². The minimum Gasteiger partial charge on any atom is -0.472 e. The number of amides is 1. The van der Waals surface area contributed by atoms with Crippen LogP contribution in [0.5, 0.6) is 0 Å². The van der Waals surface area contributed by atoms with Crippen molar-refractivity contribution in [3.05, 3.63) is 53.1 Å². The summed E-state index contributed by atoms with van der Waals surface area (Å²) < 4.78 is 6.78. The maximum Gasteiger partial charge on any atom is 0.257 e. The summed E-state index contributed by atoms with van der Waals surface area (Å²) >= 11 is 1.62. The van der Waals surface area contributed by atoms with Crippen molar-refractivity contribution in [2.45, 2.75) is 18.9 Å². The Morgan fingerprint density at radius 2 is 2.07 bits per heavy atom. The molecule has 0 saturated carbocycles. The smallest absolute Gasteiger partial charge is 0.257 e. The number of fused-ring (bicyclic) bond motifs is 1. The largest absolute Gasteiger partial charge is 0.472 e. The third-order valence-electron chi connectivity index (χ3n) is 4.94. The van der Waals surface area contributed by atoms with E-state index in [2.05, 4.69) is 20.6 Å². The van der Waals surface area contributed by atoms with Crippen molar-refractivity contribution in [2.24, 2.45) is 0 Å². The lowest BCUT2D eigenvalue weighted by atomic mass is 10.0. The monoisotopic (exact) mass is 394 g/mol. The molecule has 28 heavy (non-hydrogen) atoms. The molecular weight excluding hydrogens is 376 g/mol. The molecule has 0 atom stereocenters. The number of thiophene rings is 1. The number of furan rings is 1. The highest BCUT2D eigenvalue weighted by molar-refractivity contribution is 7.08. The van der Waals surface area contributed by atoms with Crippen molar-refractivity contribution in [2.75, 3.05) is 18.4 Å². The number of nitrogens with one attached hydrogen (secondary N) is 1. The highest BCUT2D eigenvalue weighted by atomic mass is 32.1. The van der Waals surface area contributed by atoms with Gasteiger partial charge >= 0.3 is 0 Å². The van der Waals surface area contributed by atoms with Gasteiger partial charge in [0.15, 0.2) is 11.5 Å². The van der Waals surface area contributed by atoms with Crippen LogP contribution in [0.2, 0.25) is 0 Å². The molecule has 1 N–H and O–H groups in total. The first kappa shape index (κ1) is 16.9. The molecule has 4 aromatic heterocycles. The second-order valence-electron chi connectivity index (χ2n) is 6.75. The fourth-order valence-electron chi connectivity index (χ4n) is 3.44. The van der Waals surface area contributed by atoms with Crippen LogP contribution >= 0.6 is 11.3 Å². The van der Waals surface area contributed by atoms with Gasteiger partial charge in [0.05, 0.1) is 11.8 Å². The molecule has 0 aromatic carbocycles. The zero-order chi connectivity index (χ0) is 18.9. The third-order valence-corrected chi connectivity index (χ3v) is 5.63. The van der Waals surface area contributed by atoms with E-state index in [1.165, 1.54) is 12.5 Å². The van der Waals surface area contributed by atoms with Gasteiger partial charge in [-0.2, -0.15) is 15.9 Å². The molecule has 5 heterocycles. The summed E-state index contributed by atoms with van der Waals surface area (Å²) in [6.45, 7) is 1.41. The third kappa shape index (κ3) is 3.13. The number of nitrogens with zero attached hydrogens (tertiary/aromatic N) is 5. The SMILES string of the molecule is O=C(c1ccoc1)N1CCC(Nc2ccc3nnc(-c4ccsc4)n3n2)CC1. The van der Waals surface area contributed by atoms with Crippen LogP contribution in [-0.2, 0) is 0 Å². The van der Waals surface area contributed by atoms with Gasteiger partial charge in [0.25, 0.3) is 5.91 Å². The predicted molar refractivity (Wildman–Crippen MR) is 105 cm³/mol. The summed E-state index contributed by atoms with van der Waals surface area (Å²) in [5.74, 6) is 1.54. The number of rotatable bonds is 4. The summed E-state index contributed by atoms with van der Waals surface area (Å²) in [6.07, 6.45) is 4.75. The molecule has 0 spiro atoms. The van der Waals surface area contributed by atoms with Crippen molar-refractivity contribution in [1.29, 1.82) is 0 Å². The highest BCUT2D eigenvalue weighted by Crippen LogP contribution is 2.22. The predicted octanol–water partition coefficient (Wildman–Crippen LogP) is 3.16. The normalized spacial score (nSPS) is 15.2. The molecule has 4 aromatic rings. The maximum atomic E-state index is 12.4. The van der Waals surface area contributed by atoms with Gasteiger partial charge in [-0.1, -0.05) is 0 Å². The van der Waals surface area contributed by atoms with E-state index in [0.717, 1.165) is 30.0 Å². The maximum absolute atomic E-state index is 12.4. The molecule has 0 radical (unpaired) electrons. The number of hydrogen-bond donors (Lipinski definition) is 1. The average Bonchev–Trinajstić information content (AvgIpc) is 3.48. The molecular formula is C19H18N6O2S. The molecule has 0 bridgehead atoms. The summed E-state index contributed by atoms with van der Waals surface area (Å²) in [5.41, 5.74) is 2.33. The first-order valence-corrected chi connectivity index (χ1v) is 10.1. The van der Waals surface area contributed by atoms with Crippen LogP contribution in [0.25, 0.3) is 17.0 Å². The van der Waals surface area contributed by atoms with Gasteiger partial charge in [-0.3, -0.25) is 4.79 Å². The molecule has 0 unspecified atom stereocenters. The van der Waals surface area contributed by atoms with E-state index in [1.54, 1.807) is 21.9 Å². The van der Waals surface area contributed by atoms with E-state index in [-0.39, 0.29) is 11.9 Å². The van der Waals surface area contributed by atoms with Gasteiger partial charge in [-0.25, -0.2) is 0 Å². The Labute approximate surface area is 164 Å². The zero-order valence-electron chi connectivity index (χ0n) is 15.0. The lowest BCUT2D eigenvalue weighted by molar-refractivity contribution is 0.0717. The second kappa shape index (κ2) is 7.08. The molecule has 1 fully saturated rings. The number of piperidine rings is 1. The Morgan fingerprint density at radius 1 is 1.18 bits per heavy atom. The molecule has 8 nitrogen and oxygen atoms in total. The Kier molecular flexibility index (Phi) is 4.28. The number of carbonyl (C=O) groups is 1. The fraction of sp³-hybridized carbons (Fsp3) is 0.263. The average molecular weight is 394 g/mol. The molecule has 1 amide bonds. The van der Waals surface area contributed by atoms with Crippen molar-refractivity contribution >= 4 is 28.7 Å². The van der Waals surface area contributed by atoms with Crippen LogP contribution in [0.15, 0.2) is 52.0 Å². The van der Waals surface area contributed by atoms with Crippen LogP contribution in [0, 0.1) is 0 Å². The minimum atomic E-state index is 0.0247. The Hall–Kier alpha value is -3.20. The molecule has 9 heteroatoms. The Bertz CT molecular complexity index is 1080. The lowest BCUT2D eigenvalue weighted by Crippen LogP contribution is -2.42. The van der Waals surface area contributed by atoms with E-state index in [0.29, 0.717) is 24.3 Å². The number of likely N-dealkylation sites (tertiary alicyclic amines) is 1. The Morgan fingerprint density at radius 3 is 2.82 bits per heavy atom. The molecule has 1 aliphatic heterocycles. The summed E-state index contributed by atoms with van der Waals surface area (Å²) in [7, 11) is 0. The summed E-state index contributed by atoms with van der Waals surface area (Å²) in [6, 6.07) is 7.81. The van der Waals surface area contributed by atoms with Gasteiger partial charge in [0.1, 0.15) is 12.1 Å². The van der Waals surface area contributed by atoms with E-state index in [4.69, 9.17) is 4.42 Å². The molecule has 142 valence electrons. The highest BCUT2D eigenvalue weighted by Gasteiger charge is 2.24. The standard InChI is InChI=1S/C19H18N6O2S/c26-19(13-5-9-27-11-13)24-7-3-15(4-8-24)20-16-1-2-17-21-22-18(25(17)23-16)14-6-10-28-12-14/h1-2,5-6,9-12,15H,3-4,7-8H2,(H,20,23). The molecule has 1 aliphatic rings. The van der Waals surface area contributed by atoms with Crippen LogP contribution in [0.1, 0.15) is 23.2 Å². The molecule has 5 rings (SSSR count). The summed E-state index contributed by atoms with van der Waals surface area (Å²) in [4.78, 5) is 14.3. The van der Waals surface area contributed by atoms with Crippen LogP contribution in [0.3, 0.4) is 0 Å². The number of aromatic nitrogens is 4. The van der Waals surface area contributed by atoms with Crippen molar-refractivity contribution in [1.82, 2.24) is 24.7 Å². The van der Waals surface area contributed by atoms with Crippen molar-refractivity contribution in [3.63, 3.8) is 0 Å². The minimum absolute atomic E-state index is 0.0247. The van der Waals surface area contributed by atoms with E-state index in [9.17, 15) is 4.79 Å². The van der Waals surface area contributed by atoms with Crippen LogP contribution in [-0.4, -0.2) is 49.7 Å². The first-order chi connectivity index (χ1) is 13.8. The van der Waals surface area contributed by atoms with Crippen molar-refractivity contribution < 1.29 is 9.21 Å². The number of hydrogen-bond acceptors (Lipinski definition) is 7. The van der Waals surface area contributed by atoms with E-state index >= 15 is 0 Å². The second-order valence-corrected chi connectivity index (χ2v) is 7.53. The van der Waals surface area contributed by atoms with Gasteiger partial charge in [-0.05, 0) is 42.5 Å². The topological polar surface area (TPSA) is 88.6 Å². The first-order valence-electron chi connectivity index (χ1n) is 9.11. The van der Waals surface area contributed by atoms with Gasteiger partial charge < -0.3 is 14.6 Å². The Balaban J connectivity index is 1.27. The lowest BCUT2D eigenvalue weighted by Gasteiger charge is -2.32. The van der Waals surface area contributed by atoms with Crippen LogP contribution in [0.4, 0.5) is 5.82 Å². The zero-order valence-corrected chi connectivity index (χ0v) is 15.8. The number of carbonyl (C=O) groups excluding carboxylic acids is 1. The van der Waals surface area contributed by atoms with Gasteiger partial charge in [0.2, 0.25) is 0 Å². The summed E-state index contributed by atoms with van der Waals surface area (Å²) in [5, 5.41) is 20.7. The molecule has 1 saturated heterocycles.